The number of benzene rings is 2. The summed E-state index contributed by atoms with van der Waals surface area (Å²) in [7, 11) is 0. The van der Waals surface area contributed by atoms with Crippen LogP contribution in [0.25, 0.3) is 0 Å². The Labute approximate surface area is 108 Å². The molecule has 0 amide bonds. The van der Waals surface area contributed by atoms with Gasteiger partial charge in [0, 0.05) is 28.6 Å². The molecule has 0 atom stereocenters. The van der Waals surface area contributed by atoms with E-state index in [-0.39, 0.29) is 5.56 Å². The largest absolute Gasteiger partial charge is 0.207 e. The number of rotatable bonds is 2. The molecule has 0 spiro atoms. The van der Waals surface area contributed by atoms with Gasteiger partial charge in [0.05, 0.1) is 0 Å². The highest BCUT2D eigenvalue weighted by molar-refractivity contribution is 6.30. The Kier molecular flexibility index (Phi) is 3.62. The molecule has 18 heavy (non-hydrogen) atoms. The molecule has 0 nitrogen and oxygen atoms in total. The molecule has 0 bridgehead atoms. The minimum atomic E-state index is -0.933. The van der Waals surface area contributed by atoms with Crippen molar-refractivity contribution in [3.05, 3.63) is 75.9 Å². The van der Waals surface area contributed by atoms with Crippen LogP contribution in [0.4, 0.5) is 13.2 Å². The van der Waals surface area contributed by atoms with Gasteiger partial charge >= 0.3 is 0 Å². The molecule has 0 N–H and O–H groups in total. The van der Waals surface area contributed by atoms with Crippen molar-refractivity contribution in [3.8, 4) is 0 Å². The summed E-state index contributed by atoms with van der Waals surface area (Å²) in [5.74, 6) is -2.38. The van der Waals surface area contributed by atoms with Gasteiger partial charge in [0.2, 0.25) is 0 Å². The monoisotopic (exact) mass is 269 g/mol. The molecule has 0 aliphatic carbocycles. The van der Waals surface area contributed by atoms with E-state index in [4.69, 9.17) is 11.6 Å². The highest BCUT2D eigenvalue weighted by atomic mass is 35.5. The van der Waals surface area contributed by atoms with E-state index in [1.54, 1.807) is 31.2 Å². The maximum atomic E-state index is 13.6. The van der Waals surface area contributed by atoms with Crippen LogP contribution in [0.1, 0.15) is 18.1 Å². The second-order valence-corrected chi connectivity index (χ2v) is 4.31. The van der Waals surface area contributed by atoms with Gasteiger partial charge < -0.3 is 0 Å². The van der Waals surface area contributed by atoms with Gasteiger partial charge in [-0.25, -0.2) is 13.2 Å². The minimum Gasteiger partial charge on any atom is -0.207 e. The molecule has 0 fully saturated rings. The summed E-state index contributed by atoms with van der Waals surface area (Å²) in [5.41, 5.74) is 0.405. The Bertz CT molecular complexity index is 541. The van der Waals surface area contributed by atoms with Gasteiger partial charge in [-0.1, -0.05) is 30.7 Å². The molecule has 2 aromatic carbocycles. The van der Waals surface area contributed by atoms with Crippen LogP contribution in [0.15, 0.2) is 36.4 Å². The summed E-state index contributed by atoms with van der Waals surface area (Å²) in [6.07, 6.45) is 0. The maximum Gasteiger partial charge on any atom is 0.133 e. The van der Waals surface area contributed by atoms with Crippen molar-refractivity contribution >= 4 is 11.6 Å². The molecule has 2 aromatic rings. The molecule has 0 aliphatic rings. The van der Waals surface area contributed by atoms with Crippen LogP contribution in [0, 0.1) is 23.4 Å². The smallest absolute Gasteiger partial charge is 0.133 e. The fourth-order valence-electron chi connectivity index (χ4n) is 1.74. The molecule has 0 saturated heterocycles. The van der Waals surface area contributed by atoms with Crippen molar-refractivity contribution < 1.29 is 13.2 Å². The minimum absolute atomic E-state index is 0.223. The lowest BCUT2D eigenvalue weighted by Crippen LogP contribution is -2.04. The van der Waals surface area contributed by atoms with Gasteiger partial charge in [-0.2, -0.15) is 0 Å². The van der Waals surface area contributed by atoms with E-state index in [2.05, 4.69) is 0 Å². The van der Waals surface area contributed by atoms with E-state index in [0.29, 0.717) is 28.6 Å². The summed E-state index contributed by atoms with van der Waals surface area (Å²) in [6.45, 7) is 1.57. The summed E-state index contributed by atoms with van der Waals surface area (Å²) in [6, 6.07) is 7.88. The van der Waals surface area contributed by atoms with Gasteiger partial charge in [0.15, 0.2) is 0 Å². The normalized spacial score (nSPS) is 11.0. The second kappa shape index (κ2) is 5.02. The summed E-state index contributed by atoms with van der Waals surface area (Å²) < 4.78 is 40.0. The molecule has 0 heterocycles. The maximum absolute atomic E-state index is 13.6. The third-order valence-corrected chi connectivity index (χ3v) is 2.91. The first-order chi connectivity index (χ1) is 8.49. The van der Waals surface area contributed by atoms with Crippen LogP contribution in [-0.4, -0.2) is 0 Å². The zero-order chi connectivity index (χ0) is 13.3. The van der Waals surface area contributed by atoms with Crippen molar-refractivity contribution in [2.75, 3.05) is 0 Å². The van der Waals surface area contributed by atoms with Crippen LogP contribution in [0.3, 0.4) is 0 Å². The molecule has 1 radical (unpaired) electrons. The summed E-state index contributed by atoms with van der Waals surface area (Å²) >= 11 is 5.74. The van der Waals surface area contributed by atoms with Gasteiger partial charge in [-0.15, -0.1) is 0 Å². The lowest BCUT2D eigenvalue weighted by atomic mass is 9.92. The highest BCUT2D eigenvalue weighted by Gasteiger charge is 2.19. The van der Waals surface area contributed by atoms with Crippen LogP contribution in [0.5, 0.6) is 0 Å². The quantitative estimate of drug-likeness (QED) is 0.738. The van der Waals surface area contributed by atoms with E-state index >= 15 is 0 Å². The van der Waals surface area contributed by atoms with Crippen molar-refractivity contribution in [1.29, 1.82) is 0 Å². The van der Waals surface area contributed by atoms with Gasteiger partial charge in [0.1, 0.15) is 17.5 Å². The average molecular weight is 270 g/mol. The Balaban J connectivity index is 2.46. The van der Waals surface area contributed by atoms with Crippen molar-refractivity contribution in [2.45, 2.75) is 6.92 Å². The molecule has 4 heteroatoms. The molecule has 0 saturated carbocycles. The topological polar surface area (TPSA) is 0 Å². The Morgan fingerprint density at radius 2 is 1.44 bits per heavy atom. The van der Waals surface area contributed by atoms with E-state index in [1.165, 1.54) is 0 Å². The molecular weight excluding hydrogens is 261 g/mol. The van der Waals surface area contributed by atoms with Crippen LogP contribution in [-0.2, 0) is 0 Å². The molecule has 0 unspecified atom stereocenters. The summed E-state index contributed by atoms with van der Waals surface area (Å²) in [5, 5.41) is 0.534. The average Bonchev–Trinajstić information content (AvgIpc) is 2.28. The first-order valence-electron chi connectivity index (χ1n) is 5.23. The molecule has 0 aromatic heterocycles. The van der Waals surface area contributed by atoms with Gasteiger partial charge in [-0.3, -0.25) is 0 Å². The van der Waals surface area contributed by atoms with E-state index in [0.717, 1.165) is 0 Å². The standard InChI is InChI=1S/C14H9ClF3/c1-8(9-2-4-10(15)5-3-9)14-12(17)6-11(16)7-13(14)18/h2-7H,1H3. The van der Waals surface area contributed by atoms with Crippen molar-refractivity contribution in [2.24, 2.45) is 0 Å². The van der Waals surface area contributed by atoms with E-state index in [9.17, 15) is 13.2 Å². The van der Waals surface area contributed by atoms with E-state index in [1.807, 2.05) is 0 Å². The first-order valence-corrected chi connectivity index (χ1v) is 5.61. The Hall–Kier alpha value is -1.48. The van der Waals surface area contributed by atoms with Crippen LogP contribution >= 0.6 is 11.6 Å². The van der Waals surface area contributed by atoms with E-state index < -0.39 is 17.5 Å². The fourth-order valence-corrected chi connectivity index (χ4v) is 1.87. The third-order valence-electron chi connectivity index (χ3n) is 2.66. The predicted octanol–water partition coefficient (Wildman–Crippen LogP) is 4.75. The number of halogens is 4. The molecule has 93 valence electrons. The van der Waals surface area contributed by atoms with Crippen LogP contribution in [0.2, 0.25) is 5.02 Å². The Morgan fingerprint density at radius 3 is 1.94 bits per heavy atom. The molecule has 0 aliphatic heterocycles. The number of hydrogen-bond acceptors (Lipinski definition) is 0. The SMILES string of the molecule is C[C](c1ccc(Cl)cc1)c1c(F)cc(F)cc1F. The zero-order valence-corrected chi connectivity index (χ0v) is 10.2. The molecular formula is C14H9ClF3. The molecule has 2 rings (SSSR count). The fraction of sp³-hybridized carbons (Fsp3) is 0.0714. The van der Waals surface area contributed by atoms with Crippen molar-refractivity contribution in [1.82, 2.24) is 0 Å². The van der Waals surface area contributed by atoms with Crippen molar-refractivity contribution in [3.63, 3.8) is 0 Å². The van der Waals surface area contributed by atoms with Crippen LogP contribution < -0.4 is 0 Å². The highest BCUT2D eigenvalue weighted by Crippen LogP contribution is 2.29. The third kappa shape index (κ3) is 2.51. The number of hydrogen-bond donors (Lipinski definition) is 0. The Morgan fingerprint density at radius 1 is 0.944 bits per heavy atom. The second-order valence-electron chi connectivity index (χ2n) is 3.88. The predicted molar refractivity (Wildman–Crippen MR) is 64.9 cm³/mol. The lowest BCUT2D eigenvalue weighted by molar-refractivity contribution is 0.531. The first kappa shape index (κ1) is 13.0. The summed E-state index contributed by atoms with van der Waals surface area (Å²) in [4.78, 5) is 0. The van der Waals surface area contributed by atoms with Gasteiger partial charge in [0.25, 0.3) is 0 Å². The van der Waals surface area contributed by atoms with Gasteiger partial charge in [-0.05, 0) is 17.7 Å². The zero-order valence-electron chi connectivity index (χ0n) is 9.48. The lowest BCUT2D eigenvalue weighted by Gasteiger charge is -2.13.